The normalized spacial score (nSPS) is 14.4. The van der Waals surface area contributed by atoms with Gasteiger partial charge in [0, 0.05) is 37.9 Å². The molecule has 0 aliphatic carbocycles. The predicted molar refractivity (Wildman–Crippen MR) is 132 cm³/mol. The van der Waals surface area contributed by atoms with E-state index < -0.39 is 0 Å². The minimum Gasteiger partial charge on any atom is -0.354 e. The Morgan fingerprint density at radius 1 is 0.906 bits per heavy atom. The molecule has 0 unspecified atom stereocenters. The van der Waals surface area contributed by atoms with Crippen molar-refractivity contribution in [1.82, 2.24) is 9.88 Å². The molecular formula is C27H32N4O. The number of anilines is 2. The van der Waals surface area contributed by atoms with Gasteiger partial charge in [0.05, 0.1) is 12.2 Å². The second kappa shape index (κ2) is 9.53. The number of aryl methyl sites for hydroxylation is 3. The Morgan fingerprint density at radius 2 is 1.56 bits per heavy atom. The van der Waals surface area contributed by atoms with Gasteiger partial charge >= 0.3 is 0 Å². The Hall–Kier alpha value is -3.18. The van der Waals surface area contributed by atoms with Crippen LogP contribution in [-0.2, 0) is 6.54 Å². The van der Waals surface area contributed by atoms with Crippen molar-refractivity contribution in [3.05, 3.63) is 88.6 Å². The van der Waals surface area contributed by atoms with Crippen LogP contribution in [0.15, 0.2) is 60.8 Å². The van der Waals surface area contributed by atoms with E-state index >= 15 is 0 Å². The number of likely N-dealkylation sites (N-methyl/N-ethyl adjacent to an activating group) is 1. The summed E-state index contributed by atoms with van der Waals surface area (Å²) in [7, 11) is 2.15. The molecule has 1 aromatic heterocycles. The lowest BCUT2D eigenvalue weighted by Crippen LogP contribution is -2.44. The van der Waals surface area contributed by atoms with E-state index in [1.165, 1.54) is 0 Å². The van der Waals surface area contributed by atoms with Gasteiger partial charge in [0.1, 0.15) is 5.82 Å². The molecule has 0 spiro atoms. The van der Waals surface area contributed by atoms with Crippen LogP contribution in [0.4, 0.5) is 11.5 Å². The third-order valence-corrected chi connectivity index (χ3v) is 6.23. The SMILES string of the molecule is Cc1ccc(C(=O)N(Cc2ccc(N3CCN(C)CC3)nc2)c2c(C)cccc2C)cc1. The Bertz CT molecular complexity index is 1050. The molecule has 5 heteroatoms. The fourth-order valence-electron chi connectivity index (χ4n) is 4.25. The lowest BCUT2D eigenvalue weighted by atomic mass is 10.0. The van der Waals surface area contributed by atoms with Gasteiger partial charge in [-0.25, -0.2) is 4.98 Å². The van der Waals surface area contributed by atoms with Crippen LogP contribution in [0.2, 0.25) is 0 Å². The minimum atomic E-state index is 0.00513. The van der Waals surface area contributed by atoms with Crippen molar-refractivity contribution in [2.45, 2.75) is 27.3 Å². The summed E-state index contributed by atoms with van der Waals surface area (Å²) in [6.45, 7) is 10.7. The molecule has 1 aliphatic rings. The largest absolute Gasteiger partial charge is 0.354 e. The van der Waals surface area contributed by atoms with Crippen molar-refractivity contribution in [3.8, 4) is 0 Å². The molecule has 32 heavy (non-hydrogen) atoms. The van der Waals surface area contributed by atoms with Crippen molar-refractivity contribution < 1.29 is 4.79 Å². The monoisotopic (exact) mass is 428 g/mol. The summed E-state index contributed by atoms with van der Waals surface area (Å²) in [5, 5.41) is 0. The van der Waals surface area contributed by atoms with Gasteiger partial charge in [-0.15, -0.1) is 0 Å². The topological polar surface area (TPSA) is 39.7 Å². The van der Waals surface area contributed by atoms with Crippen LogP contribution in [0.25, 0.3) is 0 Å². The first kappa shape index (κ1) is 22.0. The van der Waals surface area contributed by atoms with E-state index in [1.54, 1.807) is 0 Å². The zero-order valence-electron chi connectivity index (χ0n) is 19.5. The first-order valence-electron chi connectivity index (χ1n) is 11.3. The Kier molecular flexibility index (Phi) is 6.56. The van der Waals surface area contributed by atoms with E-state index in [-0.39, 0.29) is 5.91 Å². The molecule has 1 fully saturated rings. The van der Waals surface area contributed by atoms with Crippen molar-refractivity contribution in [3.63, 3.8) is 0 Å². The maximum Gasteiger partial charge on any atom is 0.258 e. The van der Waals surface area contributed by atoms with Crippen LogP contribution in [0.5, 0.6) is 0 Å². The van der Waals surface area contributed by atoms with Gasteiger partial charge < -0.3 is 14.7 Å². The highest BCUT2D eigenvalue weighted by molar-refractivity contribution is 6.06. The molecule has 1 amide bonds. The fraction of sp³-hybridized carbons (Fsp3) is 0.333. The molecule has 0 bridgehead atoms. The standard InChI is InChI=1S/C27H32N4O/c1-20-8-11-24(12-9-20)27(32)31(26-21(2)6-5-7-22(26)3)19-23-10-13-25(28-18-23)30-16-14-29(4)15-17-30/h5-13,18H,14-17,19H2,1-4H3. The summed E-state index contributed by atoms with van der Waals surface area (Å²) in [6, 6.07) is 18.1. The molecule has 1 aliphatic heterocycles. The first-order chi connectivity index (χ1) is 15.4. The number of rotatable bonds is 5. The lowest BCUT2D eigenvalue weighted by molar-refractivity contribution is 0.0985. The average molecular weight is 429 g/mol. The van der Waals surface area contributed by atoms with Gasteiger partial charge in [-0.2, -0.15) is 0 Å². The predicted octanol–water partition coefficient (Wildman–Crippen LogP) is 4.61. The third kappa shape index (κ3) is 4.83. The van der Waals surface area contributed by atoms with E-state index in [2.05, 4.69) is 55.0 Å². The number of carbonyl (C=O) groups excluding carboxylic acids is 1. The zero-order chi connectivity index (χ0) is 22.7. The summed E-state index contributed by atoms with van der Waals surface area (Å²) < 4.78 is 0. The zero-order valence-corrected chi connectivity index (χ0v) is 19.5. The number of para-hydroxylation sites is 1. The quantitative estimate of drug-likeness (QED) is 0.595. The van der Waals surface area contributed by atoms with Crippen molar-refractivity contribution in [1.29, 1.82) is 0 Å². The molecule has 3 aromatic rings. The molecule has 0 radical (unpaired) electrons. The molecule has 0 N–H and O–H groups in total. The Balaban J connectivity index is 1.62. The highest BCUT2D eigenvalue weighted by Crippen LogP contribution is 2.28. The molecule has 166 valence electrons. The lowest BCUT2D eigenvalue weighted by Gasteiger charge is -2.33. The van der Waals surface area contributed by atoms with Crippen LogP contribution in [0, 0.1) is 20.8 Å². The molecule has 4 rings (SSSR count). The molecule has 2 aromatic carbocycles. The summed E-state index contributed by atoms with van der Waals surface area (Å²) >= 11 is 0. The summed E-state index contributed by atoms with van der Waals surface area (Å²) in [5.74, 6) is 1.01. The summed E-state index contributed by atoms with van der Waals surface area (Å²) in [4.78, 5) is 24.9. The number of piperazine rings is 1. The van der Waals surface area contributed by atoms with Gasteiger partial charge in [-0.3, -0.25) is 4.79 Å². The molecule has 0 atom stereocenters. The number of carbonyl (C=O) groups is 1. The maximum atomic E-state index is 13.6. The van der Waals surface area contributed by atoms with Gasteiger partial charge in [-0.05, 0) is 62.7 Å². The Morgan fingerprint density at radius 3 is 2.16 bits per heavy atom. The second-order valence-electron chi connectivity index (χ2n) is 8.81. The number of aromatic nitrogens is 1. The van der Waals surface area contributed by atoms with Gasteiger partial charge in [0.15, 0.2) is 0 Å². The number of hydrogen-bond donors (Lipinski definition) is 0. The van der Waals surface area contributed by atoms with E-state index in [0.29, 0.717) is 12.1 Å². The molecule has 1 saturated heterocycles. The molecular weight excluding hydrogens is 396 g/mol. The molecule has 0 saturated carbocycles. The van der Waals surface area contributed by atoms with Gasteiger partial charge in [-0.1, -0.05) is 42.0 Å². The van der Waals surface area contributed by atoms with E-state index in [4.69, 9.17) is 4.98 Å². The van der Waals surface area contributed by atoms with Crippen LogP contribution >= 0.6 is 0 Å². The second-order valence-corrected chi connectivity index (χ2v) is 8.81. The van der Waals surface area contributed by atoms with Crippen LogP contribution in [0.3, 0.4) is 0 Å². The summed E-state index contributed by atoms with van der Waals surface area (Å²) in [6.07, 6.45) is 1.91. The molecule has 2 heterocycles. The fourth-order valence-corrected chi connectivity index (χ4v) is 4.25. The highest BCUT2D eigenvalue weighted by Gasteiger charge is 2.22. The van der Waals surface area contributed by atoms with E-state index in [1.807, 2.05) is 48.4 Å². The van der Waals surface area contributed by atoms with Crippen molar-refractivity contribution >= 4 is 17.4 Å². The van der Waals surface area contributed by atoms with Gasteiger partial charge in [0.2, 0.25) is 0 Å². The Labute approximate surface area is 191 Å². The smallest absolute Gasteiger partial charge is 0.258 e. The average Bonchev–Trinajstić information content (AvgIpc) is 2.79. The number of benzene rings is 2. The van der Waals surface area contributed by atoms with Gasteiger partial charge in [0.25, 0.3) is 5.91 Å². The maximum absolute atomic E-state index is 13.6. The van der Waals surface area contributed by atoms with Crippen molar-refractivity contribution in [2.75, 3.05) is 43.0 Å². The van der Waals surface area contributed by atoms with Crippen LogP contribution in [-0.4, -0.2) is 49.0 Å². The number of pyridine rings is 1. The third-order valence-electron chi connectivity index (χ3n) is 6.23. The number of hydrogen-bond acceptors (Lipinski definition) is 4. The first-order valence-corrected chi connectivity index (χ1v) is 11.3. The van der Waals surface area contributed by atoms with Crippen molar-refractivity contribution in [2.24, 2.45) is 0 Å². The number of amides is 1. The molecule has 5 nitrogen and oxygen atoms in total. The van der Waals surface area contributed by atoms with Crippen LogP contribution < -0.4 is 9.80 Å². The minimum absolute atomic E-state index is 0.00513. The van der Waals surface area contributed by atoms with E-state index in [9.17, 15) is 4.79 Å². The summed E-state index contributed by atoms with van der Waals surface area (Å²) in [5.41, 5.74) is 6.01. The van der Waals surface area contributed by atoms with Crippen LogP contribution in [0.1, 0.15) is 32.6 Å². The highest BCUT2D eigenvalue weighted by atomic mass is 16.2. The number of nitrogens with zero attached hydrogens (tertiary/aromatic N) is 4. The van der Waals surface area contributed by atoms with E-state index in [0.717, 1.165) is 59.9 Å².